The van der Waals surface area contributed by atoms with E-state index in [1.165, 1.54) is 18.4 Å². The van der Waals surface area contributed by atoms with E-state index in [2.05, 4.69) is 16.4 Å². The predicted molar refractivity (Wildman–Crippen MR) is 84.7 cm³/mol. The fourth-order valence-corrected chi connectivity index (χ4v) is 1.93. The molecule has 0 spiro atoms. The Morgan fingerprint density at radius 2 is 2.19 bits per heavy atom. The second kappa shape index (κ2) is 7.88. The third-order valence-corrected chi connectivity index (χ3v) is 3.26. The summed E-state index contributed by atoms with van der Waals surface area (Å²) in [4.78, 5) is 4.38. The maximum atomic E-state index is 5.86. The second-order valence-corrected chi connectivity index (χ2v) is 5.28. The van der Waals surface area contributed by atoms with Crippen LogP contribution < -0.4 is 15.8 Å². The highest BCUT2D eigenvalue weighted by Gasteiger charge is 2.21. The first-order chi connectivity index (χ1) is 10.2. The van der Waals surface area contributed by atoms with Gasteiger partial charge in [0.2, 0.25) is 0 Å². The molecule has 0 aromatic heterocycles. The van der Waals surface area contributed by atoms with Crippen molar-refractivity contribution < 1.29 is 9.47 Å². The zero-order chi connectivity index (χ0) is 15.1. The van der Waals surface area contributed by atoms with Crippen LogP contribution >= 0.6 is 0 Å². The maximum absolute atomic E-state index is 5.86. The molecule has 2 rings (SSSR count). The lowest BCUT2D eigenvalue weighted by atomic mass is 10.1. The van der Waals surface area contributed by atoms with E-state index in [4.69, 9.17) is 15.2 Å². The molecule has 1 aromatic carbocycles. The standard InChI is InChI=1S/C16H25N3O2/c1-3-20-8-9-21-15-10-12(2)4-5-13(15)11-18-16(17)19-14-6-7-14/h4-5,10,14H,3,6-9,11H2,1-2H3,(H3,17,18,19). The molecule has 1 fully saturated rings. The molecule has 1 aromatic rings. The molecule has 1 aliphatic carbocycles. The molecule has 1 aliphatic rings. The Kier molecular flexibility index (Phi) is 5.87. The normalized spacial score (nSPS) is 15.0. The molecule has 116 valence electrons. The van der Waals surface area contributed by atoms with Crippen molar-refractivity contribution in [1.82, 2.24) is 5.32 Å². The molecule has 0 atom stereocenters. The first-order valence-corrected chi connectivity index (χ1v) is 7.55. The van der Waals surface area contributed by atoms with Gasteiger partial charge in [0.15, 0.2) is 5.96 Å². The second-order valence-electron chi connectivity index (χ2n) is 5.28. The fourth-order valence-electron chi connectivity index (χ4n) is 1.93. The molecule has 3 N–H and O–H groups in total. The number of nitrogens with one attached hydrogen (secondary N) is 1. The molecule has 0 saturated heterocycles. The van der Waals surface area contributed by atoms with E-state index in [1.54, 1.807) is 0 Å². The van der Waals surface area contributed by atoms with Gasteiger partial charge in [-0.05, 0) is 38.3 Å². The third-order valence-electron chi connectivity index (χ3n) is 3.26. The molecule has 0 radical (unpaired) electrons. The van der Waals surface area contributed by atoms with Gasteiger partial charge in [0, 0.05) is 18.2 Å². The van der Waals surface area contributed by atoms with Crippen LogP contribution in [0.2, 0.25) is 0 Å². The monoisotopic (exact) mass is 291 g/mol. The van der Waals surface area contributed by atoms with Gasteiger partial charge in [-0.25, -0.2) is 4.99 Å². The number of nitrogens with two attached hydrogens (primary N) is 1. The number of hydrogen-bond donors (Lipinski definition) is 2. The summed E-state index contributed by atoms with van der Waals surface area (Å²) < 4.78 is 11.1. The van der Waals surface area contributed by atoms with E-state index in [0.29, 0.717) is 38.4 Å². The Morgan fingerprint density at radius 1 is 1.38 bits per heavy atom. The van der Waals surface area contributed by atoms with Gasteiger partial charge < -0.3 is 20.5 Å². The summed E-state index contributed by atoms with van der Waals surface area (Å²) in [5.41, 5.74) is 8.06. The third kappa shape index (κ3) is 5.63. The van der Waals surface area contributed by atoms with Gasteiger partial charge in [-0.3, -0.25) is 0 Å². The minimum atomic E-state index is 0.512. The smallest absolute Gasteiger partial charge is 0.189 e. The summed E-state index contributed by atoms with van der Waals surface area (Å²) in [5, 5.41) is 3.18. The van der Waals surface area contributed by atoms with Crippen molar-refractivity contribution in [2.45, 2.75) is 39.3 Å². The highest BCUT2D eigenvalue weighted by molar-refractivity contribution is 5.78. The molecule has 21 heavy (non-hydrogen) atoms. The van der Waals surface area contributed by atoms with Crippen LogP contribution in [0.3, 0.4) is 0 Å². The van der Waals surface area contributed by atoms with Crippen LogP contribution in [0, 0.1) is 6.92 Å². The average molecular weight is 291 g/mol. The highest BCUT2D eigenvalue weighted by atomic mass is 16.5. The van der Waals surface area contributed by atoms with Crippen molar-refractivity contribution >= 4 is 5.96 Å². The molecular formula is C16H25N3O2. The molecule has 0 amide bonds. The predicted octanol–water partition coefficient (Wildman–Crippen LogP) is 1.98. The van der Waals surface area contributed by atoms with E-state index >= 15 is 0 Å². The molecule has 0 heterocycles. The fraction of sp³-hybridized carbons (Fsp3) is 0.562. The number of benzene rings is 1. The van der Waals surface area contributed by atoms with Crippen molar-refractivity contribution in [2.24, 2.45) is 10.7 Å². The van der Waals surface area contributed by atoms with Crippen LogP contribution in [-0.2, 0) is 11.3 Å². The van der Waals surface area contributed by atoms with Crippen LogP contribution in [0.25, 0.3) is 0 Å². The van der Waals surface area contributed by atoms with Crippen LogP contribution in [0.5, 0.6) is 5.75 Å². The van der Waals surface area contributed by atoms with E-state index in [0.717, 1.165) is 11.3 Å². The van der Waals surface area contributed by atoms with Crippen LogP contribution in [0.4, 0.5) is 0 Å². The van der Waals surface area contributed by atoms with Crippen molar-refractivity contribution in [3.8, 4) is 5.75 Å². The van der Waals surface area contributed by atoms with Gasteiger partial charge in [-0.2, -0.15) is 0 Å². The van der Waals surface area contributed by atoms with Gasteiger partial charge in [0.05, 0.1) is 13.2 Å². The topological polar surface area (TPSA) is 68.9 Å². The molecule has 5 heteroatoms. The van der Waals surface area contributed by atoms with Gasteiger partial charge in [0.1, 0.15) is 12.4 Å². The number of aryl methyl sites for hydroxylation is 1. The molecule has 0 unspecified atom stereocenters. The summed E-state index contributed by atoms with van der Waals surface area (Å²) in [5.74, 6) is 1.37. The van der Waals surface area contributed by atoms with Crippen molar-refractivity contribution in [3.63, 3.8) is 0 Å². The van der Waals surface area contributed by atoms with E-state index in [9.17, 15) is 0 Å². The van der Waals surface area contributed by atoms with E-state index in [1.807, 2.05) is 26.0 Å². The number of hydrogen-bond acceptors (Lipinski definition) is 3. The lowest BCUT2D eigenvalue weighted by molar-refractivity contribution is 0.110. The number of rotatable bonds is 8. The zero-order valence-corrected chi connectivity index (χ0v) is 12.9. The molecule has 0 aliphatic heterocycles. The van der Waals surface area contributed by atoms with Gasteiger partial charge >= 0.3 is 0 Å². The number of aliphatic imine (C=N–C) groups is 1. The first-order valence-electron chi connectivity index (χ1n) is 7.55. The molecular weight excluding hydrogens is 266 g/mol. The Balaban J connectivity index is 1.93. The minimum absolute atomic E-state index is 0.512. The average Bonchev–Trinajstić information content (AvgIpc) is 3.26. The Bertz CT molecular complexity index is 484. The Hall–Kier alpha value is -1.75. The summed E-state index contributed by atoms with van der Waals surface area (Å²) in [7, 11) is 0. The van der Waals surface area contributed by atoms with E-state index < -0.39 is 0 Å². The summed E-state index contributed by atoms with van der Waals surface area (Å²) in [6, 6.07) is 6.65. The number of ether oxygens (including phenoxy) is 2. The number of guanidine groups is 1. The SMILES string of the molecule is CCOCCOc1cc(C)ccc1CN=C(N)NC1CC1. The Morgan fingerprint density at radius 3 is 2.90 bits per heavy atom. The lowest BCUT2D eigenvalue weighted by Gasteiger charge is -2.12. The van der Waals surface area contributed by atoms with Crippen molar-refractivity contribution in [3.05, 3.63) is 29.3 Å². The minimum Gasteiger partial charge on any atom is -0.491 e. The molecule has 5 nitrogen and oxygen atoms in total. The van der Waals surface area contributed by atoms with Gasteiger partial charge in [-0.15, -0.1) is 0 Å². The zero-order valence-electron chi connectivity index (χ0n) is 12.9. The largest absolute Gasteiger partial charge is 0.491 e. The first kappa shape index (κ1) is 15.6. The van der Waals surface area contributed by atoms with Crippen molar-refractivity contribution in [1.29, 1.82) is 0 Å². The lowest BCUT2D eigenvalue weighted by Crippen LogP contribution is -2.33. The molecule has 1 saturated carbocycles. The van der Waals surface area contributed by atoms with Gasteiger partial charge in [-0.1, -0.05) is 12.1 Å². The summed E-state index contributed by atoms with van der Waals surface area (Å²) in [6.07, 6.45) is 2.37. The van der Waals surface area contributed by atoms with E-state index in [-0.39, 0.29) is 0 Å². The quantitative estimate of drug-likeness (QED) is 0.436. The van der Waals surface area contributed by atoms with Crippen molar-refractivity contribution in [2.75, 3.05) is 19.8 Å². The van der Waals surface area contributed by atoms with Gasteiger partial charge in [0.25, 0.3) is 0 Å². The number of nitrogens with zero attached hydrogens (tertiary/aromatic N) is 1. The van der Waals surface area contributed by atoms with Crippen LogP contribution in [0.1, 0.15) is 30.9 Å². The Labute approximate surface area is 126 Å². The molecule has 0 bridgehead atoms. The summed E-state index contributed by atoms with van der Waals surface area (Å²) >= 11 is 0. The van der Waals surface area contributed by atoms with Crippen LogP contribution in [-0.4, -0.2) is 31.8 Å². The van der Waals surface area contributed by atoms with Crippen LogP contribution in [0.15, 0.2) is 23.2 Å². The highest BCUT2D eigenvalue weighted by Crippen LogP contribution is 2.22. The summed E-state index contributed by atoms with van der Waals surface area (Å²) in [6.45, 7) is 6.39. The maximum Gasteiger partial charge on any atom is 0.189 e.